The molecule has 5 nitrogen and oxygen atoms in total. The van der Waals surface area contributed by atoms with Gasteiger partial charge in [0.2, 0.25) is 0 Å². The van der Waals surface area contributed by atoms with Gasteiger partial charge in [-0.15, -0.1) is 0 Å². The number of oxime groups is 1. The van der Waals surface area contributed by atoms with E-state index < -0.39 is 11.5 Å². The monoisotopic (exact) mass is 533 g/mol. The molecule has 41 heavy (non-hydrogen) atoms. The summed E-state index contributed by atoms with van der Waals surface area (Å²) in [6.07, 6.45) is 0. The molecule has 0 spiro atoms. The minimum atomic E-state index is -0.924. The van der Waals surface area contributed by atoms with Crippen molar-refractivity contribution in [1.29, 1.82) is 0 Å². The number of aromatic nitrogens is 1. The molecule has 2 heterocycles. The summed E-state index contributed by atoms with van der Waals surface area (Å²) in [5.41, 5.74) is 7.17. The predicted molar refractivity (Wildman–Crippen MR) is 164 cm³/mol. The van der Waals surface area contributed by atoms with Crippen LogP contribution >= 0.6 is 0 Å². The van der Waals surface area contributed by atoms with Crippen LogP contribution in [0.2, 0.25) is 0 Å². The second-order valence-corrected chi connectivity index (χ2v) is 10.1. The smallest absolute Gasteiger partial charge is 0.355 e. The van der Waals surface area contributed by atoms with E-state index in [1.165, 1.54) is 0 Å². The van der Waals surface area contributed by atoms with Crippen molar-refractivity contribution in [2.24, 2.45) is 5.16 Å². The Morgan fingerprint density at radius 1 is 0.732 bits per heavy atom. The van der Waals surface area contributed by atoms with Gasteiger partial charge >= 0.3 is 5.97 Å². The van der Waals surface area contributed by atoms with E-state index in [1.54, 1.807) is 12.1 Å². The Kier molecular flexibility index (Phi) is 5.98. The molecule has 0 saturated heterocycles. The van der Waals surface area contributed by atoms with Crippen LogP contribution in [0.15, 0.2) is 145 Å². The van der Waals surface area contributed by atoms with E-state index in [-0.39, 0.29) is 0 Å². The highest BCUT2D eigenvalue weighted by atomic mass is 16.7. The number of aromatic amines is 1. The first-order valence-corrected chi connectivity index (χ1v) is 13.6. The van der Waals surface area contributed by atoms with Gasteiger partial charge in [-0.3, -0.25) is 0 Å². The highest BCUT2D eigenvalue weighted by Crippen LogP contribution is 2.53. The molecule has 1 unspecified atom stereocenters. The third-order valence-corrected chi connectivity index (χ3v) is 7.92. The van der Waals surface area contributed by atoms with Crippen LogP contribution in [-0.2, 0) is 10.4 Å². The topological polar surface area (TPSA) is 57.7 Å². The maximum atomic E-state index is 13.2. The molecular weight excluding hydrogens is 506 g/mol. The quantitative estimate of drug-likeness (QED) is 0.182. The van der Waals surface area contributed by atoms with Crippen molar-refractivity contribution in [2.75, 3.05) is 11.9 Å². The number of nitrogens with one attached hydrogen (secondary N) is 1. The van der Waals surface area contributed by atoms with E-state index in [4.69, 9.17) is 9.99 Å². The second-order valence-electron chi connectivity index (χ2n) is 10.1. The molecule has 1 atom stereocenters. The van der Waals surface area contributed by atoms with Gasteiger partial charge in [0, 0.05) is 34.8 Å². The Labute approximate surface area is 238 Å². The number of hydrogen-bond acceptors (Lipinski definition) is 4. The standard InChI is InChI=1S/C36H27N3O2/c1-39-31-24-14-12-22-29(31)34(38-41-35(40)26-17-7-3-8-18-26)36(39,27-19-9-4-10-20-27)32-28-21-11-13-23-30(28)37-33(32)25-15-5-2-6-16-25/h2-24,37H,1H3/b38-34+. The van der Waals surface area contributed by atoms with Crippen molar-refractivity contribution in [3.63, 3.8) is 0 Å². The zero-order chi connectivity index (χ0) is 27.8. The molecule has 5 aromatic carbocycles. The summed E-state index contributed by atoms with van der Waals surface area (Å²) in [6.45, 7) is 0. The van der Waals surface area contributed by atoms with E-state index in [2.05, 4.69) is 65.5 Å². The van der Waals surface area contributed by atoms with Crippen molar-refractivity contribution in [1.82, 2.24) is 4.98 Å². The van der Waals surface area contributed by atoms with Crippen molar-refractivity contribution in [2.45, 2.75) is 5.54 Å². The molecule has 1 aliphatic heterocycles. The fourth-order valence-corrected chi connectivity index (χ4v) is 6.11. The number of likely N-dealkylation sites (N-methyl/N-ethyl adjacent to an activating group) is 1. The van der Waals surface area contributed by atoms with Gasteiger partial charge in [0.05, 0.1) is 11.3 Å². The summed E-state index contributed by atoms with van der Waals surface area (Å²) in [4.78, 5) is 24.9. The largest absolute Gasteiger partial charge is 0.365 e. The van der Waals surface area contributed by atoms with E-state index in [0.717, 1.165) is 44.5 Å². The number of carbonyl (C=O) groups excluding carboxylic acids is 1. The summed E-state index contributed by atoms with van der Waals surface area (Å²) >= 11 is 0. The van der Waals surface area contributed by atoms with E-state index >= 15 is 0 Å². The highest BCUT2D eigenvalue weighted by molar-refractivity contribution is 6.21. The van der Waals surface area contributed by atoms with Crippen LogP contribution in [0.25, 0.3) is 22.2 Å². The van der Waals surface area contributed by atoms with Crippen LogP contribution in [0, 0.1) is 0 Å². The van der Waals surface area contributed by atoms with Gasteiger partial charge in [-0.1, -0.05) is 120 Å². The first kappa shape index (κ1) is 24.6. The Bertz CT molecular complexity index is 1900. The molecule has 198 valence electrons. The van der Waals surface area contributed by atoms with E-state index in [0.29, 0.717) is 11.3 Å². The molecule has 6 aromatic rings. The fraction of sp³-hybridized carbons (Fsp3) is 0.0556. The third kappa shape index (κ3) is 3.85. The van der Waals surface area contributed by atoms with Crippen LogP contribution in [-0.4, -0.2) is 23.7 Å². The number of H-pyrrole nitrogens is 1. The van der Waals surface area contributed by atoms with Crippen LogP contribution in [0.5, 0.6) is 0 Å². The lowest BCUT2D eigenvalue weighted by Crippen LogP contribution is -2.47. The number of benzene rings is 5. The zero-order valence-corrected chi connectivity index (χ0v) is 22.5. The van der Waals surface area contributed by atoms with Crippen LogP contribution < -0.4 is 4.90 Å². The Morgan fingerprint density at radius 2 is 1.34 bits per heavy atom. The van der Waals surface area contributed by atoms with Crippen LogP contribution in [0.1, 0.15) is 27.0 Å². The molecule has 0 aliphatic carbocycles. The maximum Gasteiger partial charge on any atom is 0.365 e. The molecule has 0 amide bonds. The molecule has 0 radical (unpaired) electrons. The molecule has 0 fully saturated rings. The summed E-state index contributed by atoms with van der Waals surface area (Å²) < 4.78 is 0. The number of anilines is 1. The number of fused-ring (bicyclic) bond motifs is 2. The summed E-state index contributed by atoms with van der Waals surface area (Å²) in [6, 6.07) is 46.1. The van der Waals surface area contributed by atoms with Crippen molar-refractivity contribution >= 4 is 28.3 Å². The molecule has 1 aliphatic rings. The summed E-state index contributed by atoms with van der Waals surface area (Å²) in [7, 11) is 2.09. The van der Waals surface area contributed by atoms with Crippen molar-refractivity contribution < 1.29 is 9.63 Å². The Hall–Kier alpha value is -5.42. The molecule has 1 N–H and O–H groups in total. The SMILES string of the molecule is CN1c2ccccc2/C(=N\OC(=O)c2ccccc2)C1(c1ccccc1)c1c(-c2ccccc2)[nH]c2ccccc12. The lowest BCUT2D eigenvalue weighted by Gasteiger charge is -2.39. The van der Waals surface area contributed by atoms with Crippen molar-refractivity contribution in [3.8, 4) is 11.3 Å². The minimum Gasteiger partial charge on any atom is -0.355 e. The summed E-state index contributed by atoms with van der Waals surface area (Å²) in [5, 5.41) is 5.80. The Morgan fingerprint density at radius 3 is 2.10 bits per heavy atom. The number of hydrogen-bond donors (Lipinski definition) is 1. The van der Waals surface area contributed by atoms with Gasteiger partial charge in [-0.05, 0) is 35.4 Å². The summed E-state index contributed by atoms with van der Waals surface area (Å²) in [5.74, 6) is -0.505. The lowest BCUT2D eigenvalue weighted by molar-refractivity contribution is 0.0514. The average molecular weight is 534 g/mol. The van der Waals surface area contributed by atoms with Gasteiger partial charge in [0.15, 0.2) is 0 Å². The lowest BCUT2D eigenvalue weighted by atomic mass is 9.76. The first-order valence-electron chi connectivity index (χ1n) is 13.6. The second kappa shape index (κ2) is 9.96. The first-order chi connectivity index (χ1) is 20.2. The number of nitrogens with zero attached hydrogens (tertiary/aromatic N) is 2. The van der Waals surface area contributed by atoms with E-state index in [1.807, 2.05) is 78.9 Å². The molecule has 5 heteroatoms. The van der Waals surface area contributed by atoms with Gasteiger partial charge in [0.1, 0.15) is 11.3 Å². The Balaban J connectivity index is 1.57. The highest BCUT2D eigenvalue weighted by Gasteiger charge is 2.53. The van der Waals surface area contributed by atoms with Crippen molar-refractivity contribution in [3.05, 3.63) is 162 Å². The number of carbonyl (C=O) groups is 1. The minimum absolute atomic E-state index is 0.443. The third-order valence-electron chi connectivity index (χ3n) is 7.92. The van der Waals surface area contributed by atoms with Crippen LogP contribution in [0.3, 0.4) is 0 Å². The number of para-hydroxylation sites is 2. The maximum absolute atomic E-state index is 13.2. The zero-order valence-electron chi connectivity index (χ0n) is 22.5. The van der Waals surface area contributed by atoms with Gasteiger partial charge in [-0.2, -0.15) is 0 Å². The molecule has 0 bridgehead atoms. The number of rotatable bonds is 5. The molecule has 0 saturated carbocycles. The molecule has 1 aromatic heterocycles. The molecular formula is C36H27N3O2. The van der Waals surface area contributed by atoms with E-state index in [9.17, 15) is 4.79 Å². The predicted octanol–water partition coefficient (Wildman–Crippen LogP) is 7.79. The average Bonchev–Trinajstić information content (AvgIpc) is 3.55. The van der Waals surface area contributed by atoms with Crippen LogP contribution in [0.4, 0.5) is 5.69 Å². The molecule has 7 rings (SSSR count). The fourth-order valence-electron chi connectivity index (χ4n) is 6.11. The van der Waals surface area contributed by atoms with Gasteiger partial charge in [0.25, 0.3) is 0 Å². The van der Waals surface area contributed by atoms with Gasteiger partial charge < -0.3 is 14.7 Å². The normalized spacial score (nSPS) is 17.1. The van der Waals surface area contributed by atoms with Gasteiger partial charge in [-0.25, -0.2) is 4.79 Å².